The zero-order valence-corrected chi connectivity index (χ0v) is 17.6. The quantitative estimate of drug-likeness (QED) is 0.655. The lowest BCUT2D eigenvalue weighted by Gasteiger charge is -2.20. The first-order valence-corrected chi connectivity index (χ1v) is 11.2. The number of nitrogens with zero attached hydrogens (tertiary/aromatic N) is 1. The van der Waals surface area contributed by atoms with Crippen LogP contribution in [0.15, 0.2) is 47.4 Å². The number of imide groups is 1. The summed E-state index contributed by atoms with van der Waals surface area (Å²) in [5.41, 5.74) is 1.05. The molecule has 2 aliphatic heterocycles. The molecule has 2 aromatic carbocycles. The van der Waals surface area contributed by atoms with Gasteiger partial charge in [0, 0.05) is 31.5 Å². The van der Waals surface area contributed by atoms with Crippen LogP contribution < -0.4 is 10.6 Å². The number of benzene rings is 2. The van der Waals surface area contributed by atoms with E-state index in [9.17, 15) is 22.8 Å². The van der Waals surface area contributed by atoms with E-state index in [4.69, 9.17) is 4.74 Å². The molecule has 1 saturated heterocycles. The Morgan fingerprint density at radius 1 is 1.13 bits per heavy atom. The van der Waals surface area contributed by atoms with Crippen molar-refractivity contribution in [1.29, 1.82) is 0 Å². The molecule has 2 aromatic rings. The fraction of sp³-hybridized carbons (Fsp3) is 0.286. The third-order valence-corrected chi connectivity index (χ3v) is 7.14. The third-order valence-electron chi connectivity index (χ3n) is 5.30. The van der Waals surface area contributed by atoms with Gasteiger partial charge in [-0.05, 0) is 55.3 Å². The van der Waals surface area contributed by atoms with Gasteiger partial charge in [-0.3, -0.25) is 19.7 Å². The van der Waals surface area contributed by atoms with E-state index in [2.05, 4.69) is 10.6 Å². The second-order valence-electron chi connectivity index (χ2n) is 7.44. The number of hydrogen-bond donors (Lipinski definition) is 2. The highest BCUT2D eigenvalue weighted by molar-refractivity contribution is 7.89. The van der Waals surface area contributed by atoms with Crippen molar-refractivity contribution in [2.24, 2.45) is 0 Å². The number of hydrogen-bond acceptors (Lipinski definition) is 6. The maximum atomic E-state index is 12.8. The molecule has 10 heteroatoms. The molecule has 1 unspecified atom stereocenters. The van der Waals surface area contributed by atoms with Gasteiger partial charge >= 0.3 is 0 Å². The van der Waals surface area contributed by atoms with Crippen molar-refractivity contribution in [3.05, 3.63) is 59.2 Å². The van der Waals surface area contributed by atoms with E-state index in [0.29, 0.717) is 12.3 Å². The molecule has 2 N–H and O–H groups in total. The molecule has 0 radical (unpaired) electrons. The number of carbonyl (C=O) groups excluding carboxylic acids is 3. The summed E-state index contributed by atoms with van der Waals surface area (Å²) in [7, 11) is -2.19. The Balaban J connectivity index is 1.45. The van der Waals surface area contributed by atoms with Gasteiger partial charge in [-0.15, -0.1) is 0 Å². The van der Waals surface area contributed by atoms with Crippen molar-refractivity contribution in [1.82, 2.24) is 9.62 Å². The summed E-state index contributed by atoms with van der Waals surface area (Å²) in [6, 6.07) is 10.0. The first-order valence-electron chi connectivity index (χ1n) is 9.75. The molecule has 0 aromatic heterocycles. The van der Waals surface area contributed by atoms with Crippen LogP contribution in [0.1, 0.15) is 43.9 Å². The van der Waals surface area contributed by atoms with Gasteiger partial charge in [0.2, 0.25) is 10.0 Å². The van der Waals surface area contributed by atoms with Crippen molar-refractivity contribution in [3.8, 4) is 0 Å². The van der Waals surface area contributed by atoms with Crippen molar-refractivity contribution >= 4 is 33.4 Å². The monoisotopic (exact) mass is 443 g/mol. The first kappa shape index (κ1) is 21.2. The number of anilines is 1. The largest absolute Gasteiger partial charge is 0.377 e. The molecule has 0 spiro atoms. The zero-order chi connectivity index (χ0) is 22.2. The Morgan fingerprint density at radius 2 is 1.84 bits per heavy atom. The molecule has 162 valence electrons. The number of carbonyl (C=O) groups is 3. The van der Waals surface area contributed by atoms with Gasteiger partial charge < -0.3 is 10.1 Å². The molecule has 9 nitrogen and oxygen atoms in total. The Hall–Kier alpha value is -3.08. The van der Waals surface area contributed by atoms with E-state index in [0.717, 1.165) is 12.8 Å². The van der Waals surface area contributed by atoms with Gasteiger partial charge in [0.25, 0.3) is 17.7 Å². The van der Waals surface area contributed by atoms with E-state index in [-0.39, 0.29) is 34.2 Å². The van der Waals surface area contributed by atoms with Gasteiger partial charge in [0.05, 0.1) is 22.1 Å². The smallest absolute Gasteiger partial charge is 0.259 e. The number of ether oxygens (including phenoxy) is 1. The van der Waals surface area contributed by atoms with Gasteiger partial charge in [0.1, 0.15) is 0 Å². The SMILES string of the molecule is CN(CC1CCCO1)S(=O)(=O)c1ccc(C(=O)Nc2ccc3c(c2)C(=O)NC3=O)cc1. The molecule has 0 aliphatic carbocycles. The average Bonchev–Trinajstić information content (AvgIpc) is 3.36. The Kier molecular flexibility index (Phi) is 5.61. The highest BCUT2D eigenvalue weighted by Gasteiger charge is 2.28. The lowest BCUT2D eigenvalue weighted by molar-refractivity contribution is 0.0878. The van der Waals surface area contributed by atoms with Crippen LogP contribution in [0.25, 0.3) is 0 Å². The van der Waals surface area contributed by atoms with Crippen molar-refractivity contribution in [3.63, 3.8) is 0 Å². The highest BCUT2D eigenvalue weighted by atomic mass is 32.2. The Bertz CT molecular complexity index is 1150. The molecule has 2 heterocycles. The van der Waals surface area contributed by atoms with E-state index >= 15 is 0 Å². The van der Waals surface area contributed by atoms with E-state index in [1.807, 2.05) is 0 Å². The van der Waals surface area contributed by atoms with Crippen LogP contribution in [-0.4, -0.2) is 56.7 Å². The number of likely N-dealkylation sites (N-methyl/N-ethyl adjacent to an activating group) is 1. The predicted molar refractivity (Wildman–Crippen MR) is 111 cm³/mol. The van der Waals surface area contributed by atoms with Crippen LogP contribution in [0.4, 0.5) is 5.69 Å². The van der Waals surface area contributed by atoms with E-state index in [1.165, 1.54) is 53.8 Å². The second kappa shape index (κ2) is 8.22. The molecular weight excluding hydrogens is 422 g/mol. The highest BCUT2D eigenvalue weighted by Crippen LogP contribution is 2.22. The van der Waals surface area contributed by atoms with Crippen LogP contribution in [-0.2, 0) is 14.8 Å². The van der Waals surface area contributed by atoms with Crippen molar-refractivity contribution in [2.75, 3.05) is 25.5 Å². The molecule has 2 aliphatic rings. The van der Waals surface area contributed by atoms with E-state index < -0.39 is 27.7 Å². The minimum absolute atomic E-state index is 0.0808. The molecule has 31 heavy (non-hydrogen) atoms. The number of amides is 3. The molecule has 3 amide bonds. The molecular formula is C21H21N3O6S. The molecule has 1 fully saturated rings. The van der Waals surface area contributed by atoms with Crippen LogP contribution in [0.2, 0.25) is 0 Å². The van der Waals surface area contributed by atoms with Crippen molar-refractivity contribution in [2.45, 2.75) is 23.8 Å². The molecule has 1 atom stereocenters. The third kappa shape index (κ3) is 4.22. The average molecular weight is 443 g/mol. The lowest BCUT2D eigenvalue weighted by atomic mass is 10.1. The van der Waals surface area contributed by atoms with Crippen molar-refractivity contribution < 1.29 is 27.5 Å². The summed E-state index contributed by atoms with van der Waals surface area (Å²) in [5, 5.41) is 4.83. The topological polar surface area (TPSA) is 122 Å². The first-order chi connectivity index (χ1) is 14.8. The lowest BCUT2D eigenvalue weighted by Crippen LogP contribution is -2.34. The number of nitrogens with one attached hydrogen (secondary N) is 2. The summed E-state index contributed by atoms with van der Waals surface area (Å²) < 4.78 is 32.3. The maximum Gasteiger partial charge on any atom is 0.259 e. The summed E-state index contributed by atoms with van der Waals surface area (Å²) in [6.07, 6.45) is 1.65. The normalized spacial score (nSPS) is 18.2. The van der Waals surface area contributed by atoms with Gasteiger partial charge in [-0.1, -0.05) is 0 Å². The molecule has 0 saturated carbocycles. The maximum absolute atomic E-state index is 12.8. The van der Waals surface area contributed by atoms with E-state index in [1.54, 1.807) is 0 Å². The van der Waals surface area contributed by atoms with Crippen LogP contribution in [0.3, 0.4) is 0 Å². The summed E-state index contributed by atoms with van der Waals surface area (Å²) in [6.45, 7) is 0.923. The fourth-order valence-corrected chi connectivity index (χ4v) is 4.78. The zero-order valence-electron chi connectivity index (χ0n) is 16.8. The summed E-state index contributed by atoms with van der Waals surface area (Å²) >= 11 is 0. The number of rotatable bonds is 6. The minimum Gasteiger partial charge on any atom is -0.377 e. The Labute approximate surface area is 179 Å². The fourth-order valence-electron chi connectivity index (χ4n) is 3.58. The van der Waals surface area contributed by atoms with Crippen LogP contribution in [0, 0.1) is 0 Å². The second-order valence-corrected chi connectivity index (χ2v) is 9.49. The molecule has 0 bridgehead atoms. The van der Waals surface area contributed by atoms with Gasteiger partial charge in [0.15, 0.2) is 0 Å². The minimum atomic E-state index is -3.70. The summed E-state index contributed by atoms with van der Waals surface area (Å²) in [5.74, 6) is -1.46. The summed E-state index contributed by atoms with van der Waals surface area (Å²) in [4.78, 5) is 36.0. The number of fused-ring (bicyclic) bond motifs is 1. The van der Waals surface area contributed by atoms with Crippen LogP contribution in [0.5, 0.6) is 0 Å². The standard InChI is InChI=1S/C21H21N3O6S/c1-24(12-15-3-2-10-30-15)31(28,29)16-7-4-13(5-8-16)19(25)22-14-6-9-17-18(11-14)21(27)23-20(17)26/h4-9,11,15H,2-3,10,12H2,1H3,(H,22,25)(H,23,26,27). The Morgan fingerprint density at radius 3 is 2.52 bits per heavy atom. The van der Waals surface area contributed by atoms with Gasteiger partial charge in [-0.2, -0.15) is 4.31 Å². The van der Waals surface area contributed by atoms with Gasteiger partial charge in [-0.25, -0.2) is 8.42 Å². The predicted octanol–water partition coefficient (Wildman–Crippen LogP) is 1.62. The van der Waals surface area contributed by atoms with Crippen LogP contribution >= 0.6 is 0 Å². The molecule has 4 rings (SSSR count). The number of sulfonamides is 1.